The molecular weight excluding hydrogens is 270 g/mol. The predicted molar refractivity (Wildman–Crippen MR) is 79.8 cm³/mol. The van der Waals surface area contributed by atoms with Gasteiger partial charge in [-0.1, -0.05) is 19.8 Å². The van der Waals surface area contributed by atoms with Gasteiger partial charge in [0.2, 0.25) is 5.78 Å². The molecule has 0 unspecified atom stereocenters. The first-order chi connectivity index (χ1) is 9.65. The Morgan fingerprint density at radius 2 is 1.95 bits per heavy atom. The highest BCUT2D eigenvalue weighted by atomic mass is 16.6. The molecule has 1 aliphatic heterocycles. The lowest BCUT2D eigenvalue weighted by molar-refractivity contribution is -0.135. The van der Waals surface area contributed by atoms with Crippen molar-refractivity contribution >= 4 is 11.9 Å². The summed E-state index contributed by atoms with van der Waals surface area (Å²) >= 11 is 0. The van der Waals surface area contributed by atoms with Crippen LogP contribution in [0.5, 0.6) is 0 Å². The first kappa shape index (κ1) is 17.5. The van der Waals surface area contributed by atoms with Crippen molar-refractivity contribution in [1.29, 1.82) is 0 Å². The Hall–Kier alpha value is -1.54. The third-order valence-electron chi connectivity index (χ3n) is 3.17. The van der Waals surface area contributed by atoms with E-state index in [4.69, 9.17) is 9.47 Å². The van der Waals surface area contributed by atoms with E-state index in [0.29, 0.717) is 6.61 Å². The summed E-state index contributed by atoms with van der Waals surface area (Å²) in [5.74, 6) is 4.96. The van der Waals surface area contributed by atoms with Gasteiger partial charge in [-0.3, -0.25) is 9.69 Å². The lowest BCUT2D eigenvalue weighted by Crippen LogP contribution is -2.57. The van der Waals surface area contributed by atoms with Crippen molar-refractivity contribution in [2.24, 2.45) is 5.92 Å². The Labute approximate surface area is 127 Å². The number of amides is 1. The molecule has 0 N–H and O–H groups in total. The van der Waals surface area contributed by atoms with E-state index in [1.807, 2.05) is 34.6 Å². The Kier molecular flexibility index (Phi) is 5.79. The van der Waals surface area contributed by atoms with Crippen molar-refractivity contribution < 1.29 is 19.1 Å². The van der Waals surface area contributed by atoms with Crippen LogP contribution >= 0.6 is 0 Å². The van der Waals surface area contributed by atoms with Crippen LogP contribution in [-0.2, 0) is 14.3 Å². The molecule has 0 aromatic rings. The molecule has 5 heteroatoms. The summed E-state index contributed by atoms with van der Waals surface area (Å²) in [5.41, 5.74) is -0.570. The number of ether oxygens (including phenoxy) is 2. The molecule has 0 spiro atoms. The lowest BCUT2D eigenvalue weighted by atomic mass is 10.0. The van der Waals surface area contributed by atoms with Gasteiger partial charge in [0.1, 0.15) is 11.7 Å². The molecule has 0 bridgehead atoms. The minimum Gasteiger partial charge on any atom is -0.444 e. The summed E-state index contributed by atoms with van der Waals surface area (Å²) in [4.78, 5) is 25.8. The Morgan fingerprint density at radius 1 is 1.33 bits per heavy atom. The maximum atomic E-state index is 12.4. The van der Waals surface area contributed by atoms with E-state index in [0.717, 1.165) is 0 Å². The first-order valence-corrected chi connectivity index (χ1v) is 7.23. The molecule has 0 saturated carbocycles. The van der Waals surface area contributed by atoms with E-state index < -0.39 is 17.8 Å². The molecule has 1 aliphatic rings. The van der Waals surface area contributed by atoms with E-state index >= 15 is 0 Å². The van der Waals surface area contributed by atoms with Crippen molar-refractivity contribution in [1.82, 2.24) is 4.90 Å². The van der Waals surface area contributed by atoms with Crippen molar-refractivity contribution in [2.45, 2.75) is 59.3 Å². The van der Waals surface area contributed by atoms with Gasteiger partial charge in [0.25, 0.3) is 0 Å². The zero-order chi connectivity index (χ0) is 16.2. The standard InChI is InChI=1S/C16H25NO4/c1-7-8-13(18)14-9-17(12(10-20-14)11(2)3)15(19)21-16(4,5)6/h11-12,14H,9-10H2,1-6H3/t12-,14+/m1/s1. The smallest absolute Gasteiger partial charge is 0.410 e. The van der Waals surface area contributed by atoms with Gasteiger partial charge in [0.15, 0.2) is 0 Å². The average molecular weight is 295 g/mol. The molecule has 1 rings (SSSR count). The van der Waals surface area contributed by atoms with Crippen molar-refractivity contribution in [2.75, 3.05) is 13.2 Å². The maximum absolute atomic E-state index is 12.4. The molecule has 1 fully saturated rings. The number of hydrogen-bond acceptors (Lipinski definition) is 4. The van der Waals surface area contributed by atoms with Crippen LogP contribution in [0.15, 0.2) is 0 Å². The van der Waals surface area contributed by atoms with Crippen LogP contribution in [0.25, 0.3) is 0 Å². The molecule has 21 heavy (non-hydrogen) atoms. The molecule has 0 aliphatic carbocycles. The van der Waals surface area contributed by atoms with E-state index in [-0.39, 0.29) is 24.3 Å². The first-order valence-electron chi connectivity index (χ1n) is 7.23. The molecule has 118 valence electrons. The number of Topliss-reactive ketones (excluding diaryl/α,β-unsaturated/α-hetero) is 1. The maximum Gasteiger partial charge on any atom is 0.410 e. The minimum absolute atomic E-state index is 0.0986. The van der Waals surface area contributed by atoms with Gasteiger partial charge in [-0.15, -0.1) is 0 Å². The molecule has 1 saturated heterocycles. The number of carbonyl (C=O) groups is 2. The third-order valence-corrected chi connectivity index (χ3v) is 3.17. The second-order valence-electron chi connectivity index (χ2n) is 6.51. The normalized spacial score (nSPS) is 22.5. The fraction of sp³-hybridized carbons (Fsp3) is 0.750. The van der Waals surface area contributed by atoms with Crippen LogP contribution in [0.3, 0.4) is 0 Å². The Bertz CT molecular complexity index is 453. The van der Waals surface area contributed by atoms with Crippen LogP contribution in [0.4, 0.5) is 4.79 Å². The summed E-state index contributed by atoms with van der Waals surface area (Å²) in [6.07, 6.45) is -1.10. The fourth-order valence-corrected chi connectivity index (χ4v) is 2.12. The highest BCUT2D eigenvalue weighted by Crippen LogP contribution is 2.22. The van der Waals surface area contributed by atoms with Gasteiger partial charge in [-0.05, 0) is 39.5 Å². The fourth-order valence-electron chi connectivity index (χ4n) is 2.12. The topological polar surface area (TPSA) is 55.8 Å². The molecule has 5 nitrogen and oxygen atoms in total. The predicted octanol–water partition coefficient (Wildman–Crippen LogP) is 2.24. The molecule has 1 amide bonds. The lowest BCUT2D eigenvalue weighted by Gasteiger charge is -2.41. The summed E-state index contributed by atoms with van der Waals surface area (Å²) < 4.78 is 11.0. The van der Waals surface area contributed by atoms with Crippen LogP contribution in [0.1, 0.15) is 41.5 Å². The largest absolute Gasteiger partial charge is 0.444 e. The monoisotopic (exact) mass is 295 g/mol. The van der Waals surface area contributed by atoms with Crippen molar-refractivity contribution in [3.05, 3.63) is 0 Å². The molecule has 2 atom stereocenters. The number of ketones is 1. The number of hydrogen-bond donors (Lipinski definition) is 0. The highest BCUT2D eigenvalue weighted by Gasteiger charge is 2.38. The summed E-state index contributed by atoms with van der Waals surface area (Å²) in [5, 5.41) is 0. The number of nitrogens with zero attached hydrogens (tertiary/aromatic N) is 1. The van der Waals surface area contributed by atoms with Crippen molar-refractivity contribution in [3.8, 4) is 11.8 Å². The van der Waals surface area contributed by atoms with E-state index in [9.17, 15) is 9.59 Å². The van der Waals surface area contributed by atoms with Crippen LogP contribution in [-0.4, -0.2) is 47.7 Å². The zero-order valence-electron chi connectivity index (χ0n) is 13.7. The zero-order valence-corrected chi connectivity index (χ0v) is 13.7. The summed E-state index contributed by atoms with van der Waals surface area (Å²) in [6, 6.07) is -0.0986. The number of carbonyl (C=O) groups excluding carboxylic acids is 2. The van der Waals surface area contributed by atoms with Crippen LogP contribution < -0.4 is 0 Å². The van der Waals surface area contributed by atoms with Gasteiger partial charge in [-0.25, -0.2) is 4.79 Å². The molecule has 0 radical (unpaired) electrons. The highest BCUT2D eigenvalue weighted by molar-refractivity contribution is 5.99. The number of morpholine rings is 1. The quantitative estimate of drug-likeness (QED) is 0.579. The average Bonchev–Trinajstić information content (AvgIpc) is 2.36. The Morgan fingerprint density at radius 3 is 2.43 bits per heavy atom. The van der Waals surface area contributed by atoms with Gasteiger partial charge in [-0.2, -0.15) is 0 Å². The summed E-state index contributed by atoms with van der Waals surface area (Å²) in [7, 11) is 0. The molecule has 0 aromatic heterocycles. The third kappa shape index (κ3) is 5.05. The van der Waals surface area contributed by atoms with Gasteiger partial charge in [0.05, 0.1) is 19.2 Å². The van der Waals surface area contributed by atoms with Gasteiger partial charge < -0.3 is 9.47 Å². The molecular formula is C16H25NO4. The summed E-state index contributed by atoms with van der Waals surface area (Å²) in [6.45, 7) is 11.6. The van der Waals surface area contributed by atoms with E-state index in [1.54, 1.807) is 11.8 Å². The van der Waals surface area contributed by atoms with Gasteiger partial charge >= 0.3 is 6.09 Å². The van der Waals surface area contributed by atoms with Crippen molar-refractivity contribution in [3.63, 3.8) is 0 Å². The van der Waals surface area contributed by atoms with Gasteiger partial charge in [0, 0.05) is 0 Å². The van der Waals surface area contributed by atoms with E-state index in [1.165, 1.54) is 0 Å². The number of rotatable bonds is 2. The van der Waals surface area contributed by atoms with Crippen LogP contribution in [0, 0.1) is 17.8 Å². The second kappa shape index (κ2) is 6.95. The second-order valence-corrected chi connectivity index (χ2v) is 6.51. The molecule has 0 aromatic carbocycles. The SMILES string of the molecule is CC#CC(=O)[C@@H]1CN(C(=O)OC(C)(C)C)[C@@H](C(C)C)CO1. The molecule has 1 heterocycles. The minimum atomic E-state index is -0.694. The van der Waals surface area contributed by atoms with Crippen LogP contribution in [0.2, 0.25) is 0 Å². The van der Waals surface area contributed by atoms with E-state index in [2.05, 4.69) is 11.8 Å². The Balaban J connectivity index is 2.88.